The Morgan fingerprint density at radius 1 is 1.00 bits per heavy atom. The van der Waals surface area contributed by atoms with E-state index in [9.17, 15) is 0 Å². The Labute approximate surface area is 173 Å². The van der Waals surface area contributed by atoms with E-state index in [1.165, 1.54) is 12.1 Å². The second-order valence-corrected chi connectivity index (χ2v) is 13.5. The number of fused-ring (bicyclic) bond motifs is 1. The minimum Gasteiger partial charge on any atom is -0.660 e. The maximum absolute atomic E-state index is 5.34. The van der Waals surface area contributed by atoms with Crippen molar-refractivity contribution >= 4 is 13.9 Å². The molecule has 1 saturated carbocycles. The molecule has 0 aliphatic heterocycles. The molecule has 4 unspecified atom stereocenters. The topological polar surface area (TPSA) is 17.3 Å². The fraction of sp³-hybridized carbons (Fsp3) is 0.545. The normalized spacial score (nSPS) is 27.8. The zero-order valence-electron chi connectivity index (χ0n) is 17.6. The van der Waals surface area contributed by atoms with Gasteiger partial charge in [-0.15, -0.1) is 5.54 Å². The molecule has 2 nitrogen and oxygen atoms in total. The summed E-state index contributed by atoms with van der Waals surface area (Å²) in [4.78, 5) is 7.85. The molecule has 0 spiro atoms. The van der Waals surface area contributed by atoms with Gasteiger partial charge < -0.3 is 9.88 Å². The minimum atomic E-state index is -1.69. The van der Waals surface area contributed by atoms with Crippen molar-refractivity contribution in [1.82, 2.24) is 0 Å². The molecule has 0 heterocycles. The van der Waals surface area contributed by atoms with Gasteiger partial charge in [-0.25, -0.2) is 0 Å². The Morgan fingerprint density at radius 3 is 2.15 bits per heavy atom. The van der Waals surface area contributed by atoms with Crippen LogP contribution in [0, 0.1) is 11.8 Å². The van der Waals surface area contributed by atoms with Gasteiger partial charge in [0, 0.05) is 24.7 Å². The summed E-state index contributed by atoms with van der Waals surface area (Å²) in [5.41, 5.74) is 2.08. The molecule has 4 atom stereocenters. The van der Waals surface area contributed by atoms with Crippen LogP contribution in [-0.4, -0.2) is 26.9 Å². The molecule has 0 N–H and O–H groups in total. The molecule has 1 fully saturated rings. The molecule has 3 rings (SSSR count). The molecule has 1 aromatic carbocycles. The number of nitrogens with zero attached hydrogens (tertiary/aromatic N) is 2. The Kier molecular flexibility index (Phi) is 6.73. The molecule has 0 bridgehead atoms. The zero-order chi connectivity index (χ0) is 18.2. The largest absolute Gasteiger partial charge is 1.00 e. The first kappa shape index (κ1) is 21.6. The van der Waals surface area contributed by atoms with E-state index in [1.54, 1.807) is 0 Å². The summed E-state index contributed by atoms with van der Waals surface area (Å²) in [5, 5.41) is 0. The standard InChI is InChI=1S/C22H33N2Si.Li/c1-22(2,3)23-25(5,6)21-16-20(18-14-10-11-15-19(18)21)24(4)17-12-8-7-9-13-17;/h7-15,18-21H,16H2,1-6H3;/q-1;+1. The van der Waals surface area contributed by atoms with E-state index in [1.807, 2.05) is 0 Å². The number of hydrogen-bond acceptors (Lipinski definition) is 1. The van der Waals surface area contributed by atoms with E-state index in [-0.39, 0.29) is 24.4 Å². The molecular formula is C22H33LiN2Si. The summed E-state index contributed by atoms with van der Waals surface area (Å²) in [7, 11) is 0.576. The molecule has 4 heteroatoms. The van der Waals surface area contributed by atoms with Crippen molar-refractivity contribution < 1.29 is 18.9 Å². The smallest absolute Gasteiger partial charge is 0.660 e. The Morgan fingerprint density at radius 2 is 1.58 bits per heavy atom. The van der Waals surface area contributed by atoms with Crippen molar-refractivity contribution in [3.05, 3.63) is 59.6 Å². The summed E-state index contributed by atoms with van der Waals surface area (Å²) in [6.45, 7) is 11.7. The number of para-hydroxylation sites is 1. The summed E-state index contributed by atoms with van der Waals surface area (Å²) >= 11 is 0. The Hall–Kier alpha value is -0.726. The van der Waals surface area contributed by atoms with E-state index in [0.29, 0.717) is 23.4 Å². The maximum atomic E-state index is 5.34. The molecule has 0 radical (unpaired) electrons. The van der Waals surface area contributed by atoms with Crippen LogP contribution in [0.2, 0.25) is 18.6 Å². The van der Waals surface area contributed by atoms with Crippen LogP contribution < -0.4 is 23.8 Å². The van der Waals surface area contributed by atoms with E-state index >= 15 is 0 Å². The maximum Gasteiger partial charge on any atom is 1.00 e. The van der Waals surface area contributed by atoms with Crippen LogP contribution in [0.1, 0.15) is 27.2 Å². The van der Waals surface area contributed by atoms with Gasteiger partial charge in [-0.1, -0.05) is 90.1 Å². The van der Waals surface area contributed by atoms with Crippen LogP contribution in [0.5, 0.6) is 0 Å². The summed E-state index contributed by atoms with van der Waals surface area (Å²) < 4.78 is 0. The van der Waals surface area contributed by atoms with Gasteiger partial charge in [0.2, 0.25) is 0 Å². The summed E-state index contributed by atoms with van der Waals surface area (Å²) in [5.74, 6) is 1.23. The first-order chi connectivity index (χ1) is 11.7. The number of anilines is 1. The van der Waals surface area contributed by atoms with E-state index < -0.39 is 8.24 Å². The summed E-state index contributed by atoms with van der Waals surface area (Å²) in [6, 6.07) is 11.4. The molecule has 136 valence electrons. The first-order valence-electron chi connectivity index (χ1n) is 9.56. The molecular weight excluding hydrogens is 327 g/mol. The van der Waals surface area contributed by atoms with Crippen molar-refractivity contribution in [2.45, 2.75) is 57.4 Å². The van der Waals surface area contributed by atoms with E-state index in [0.717, 1.165) is 0 Å². The van der Waals surface area contributed by atoms with Crippen LogP contribution in [0.25, 0.3) is 4.98 Å². The zero-order valence-corrected chi connectivity index (χ0v) is 18.6. The number of hydrogen-bond donors (Lipinski definition) is 0. The molecule has 2 aliphatic carbocycles. The molecule has 0 amide bonds. The quantitative estimate of drug-likeness (QED) is 0.755. The second-order valence-electron chi connectivity index (χ2n) is 9.22. The molecule has 0 saturated heterocycles. The molecule has 0 aromatic heterocycles. The number of rotatable bonds is 4. The van der Waals surface area contributed by atoms with Gasteiger partial charge in [0.1, 0.15) is 0 Å². The third-order valence-electron chi connectivity index (χ3n) is 5.82. The van der Waals surface area contributed by atoms with Crippen LogP contribution in [0.4, 0.5) is 5.69 Å². The minimum absolute atomic E-state index is 0. The van der Waals surface area contributed by atoms with Crippen molar-refractivity contribution in [1.29, 1.82) is 0 Å². The van der Waals surface area contributed by atoms with Crippen molar-refractivity contribution in [3.63, 3.8) is 0 Å². The van der Waals surface area contributed by atoms with Gasteiger partial charge in [-0.2, -0.15) is 0 Å². The van der Waals surface area contributed by atoms with Crippen molar-refractivity contribution in [3.8, 4) is 0 Å². The second kappa shape index (κ2) is 8.11. The molecule has 2 aliphatic rings. The van der Waals surface area contributed by atoms with Crippen LogP contribution in [0.15, 0.2) is 54.6 Å². The summed E-state index contributed by atoms with van der Waals surface area (Å²) in [6.07, 6.45) is 10.6. The van der Waals surface area contributed by atoms with E-state index in [4.69, 9.17) is 4.98 Å². The van der Waals surface area contributed by atoms with Crippen LogP contribution >= 0.6 is 0 Å². The Bertz CT molecular complexity index is 648. The van der Waals surface area contributed by atoms with E-state index in [2.05, 4.69) is 100 Å². The number of allylic oxidation sites excluding steroid dienone is 3. The van der Waals surface area contributed by atoms with Gasteiger partial charge in [0.15, 0.2) is 0 Å². The van der Waals surface area contributed by atoms with Gasteiger partial charge >= 0.3 is 18.9 Å². The molecule has 26 heavy (non-hydrogen) atoms. The SMILES string of the molecule is CN(c1ccccc1)C1CC([Si](C)(C)[N-]C(C)(C)C)C2C=CC=CC21.[Li+]. The average molecular weight is 361 g/mol. The number of benzene rings is 1. The van der Waals surface area contributed by atoms with Gasteiger partial charge in [0.25, 0.3) is 0 Å². The molecule has 1 aromatic rings. The first-order valence-corrected chi connectivity index (χ1v) is 12.6. The predicted octanol–water partition coefficient (Wildman–Crippen LogP) is 3.01. The third kappa shape index (κ3) is 4.57. The fourth-order valence-electron chi connectivity index (χ4n) is 4.98. The predicted molar refractivity (Wildman–Crippen MR) is 113 cm³/mol. The average Bonchev–Trinajstić information content (AvgIpc) is 2.93. The third-order valence-corrected chi connectivity index (χ3v) is 9.50. The van der Waals surface area contributed by atoms with Gasteiger partial charge in [0.05, 0.1) is 0 Å². The van der Waals surface area contributed by atoms with Crippen LogP contribution in [-0.2, 0) is 0 Å². The fourth-order valence-corrected chi connectivity index (χ4v) is 8.97. The van der Waals surface area contributed by atoms with Gasteiger partial charge in [-0.3, -0.25) is 0 Å². The monoisotopic (exact) mass is 360 g/mol. The van der Waals surface area contributed by atoms with Crippen molar-refractivity contribution in [2.75, 3.05) is 11.9 Å². The van der Waals surface area contributed by atoms with Crippen LogP contribution in [0.3, 0.4) is 0 Å². The van der Waals surface area contributed by atoms with Crippen molar-refractivity contribution in [2.24, 2.45) is 11.8 Å². The Balaban J connectivity index is 0.00000243. The van der Waals surface area contributed by atoms with Gasteiger partial charge in [-0.05, 0) is 24.5 Å².